The molecule has 130 valence electrons. The number of hydrogen-bond donors (Lipinski definition) is 2. The highest BCUT2D eigenvalue weighted by Crippen LogP contribution is 2.32. The predicted molar refractivity (Wildman–Crippen MR) is 90.4 cm³/mol. The maximum atomic E-state index is 12.0. The van der Waals surface area contributed by atoms with Crippen LogP contribution in [0.4, 0.5) is 4.79 Å². The Balaban J connectivity index is 1.70. The second-order valence-electron chi connectivity index (χ2n) is 7.52. The van der Waals surface area contributed by atoms with Gasteiger partial charge in [-0.15, -0.1) is 0 Å². The van der Waals surface area contributed by atoms with Gasteiger partial charge in [-0.05, 0) is 65.0 Å². The Bertz CT molecular complexity index is 475. The van der Waals surface area contributed by atoms with Gasteiger partial charge >= 0.3 is 6.09 Å². The van der Waals surface area contributed by atoms with E-state index in [0.717, 1.165) is 25.1 Å². The minimum atomic E-state index is -0.456. The molecule has 1 aromatic heterocycles. The van der Waals surface area contributed by atoms with Crippen molar-refractivity contribution in [3.63, 3.8) is 0 Å². The number of rotatable bonds is 8. The fourth-order valence-electron chi connectivity index (χ4n) is 2.54. The molecule has 0 radical (unpaired) electrons. The molecule has 1 aromatic rings. The van der Waals surface area contributed by atoms with Crippen molar-refractivity contribution in [2.24, 2.45) is 5.92 Å². The zero-order valence-corrected chi connectivity index (χ0v) is 14.7. The lowest BCUT2D eigenvalue weighted by Crippen LogP contribution is -2.47. The molecule has 2 unspecified atom stereocenters. The fraction of sp³-hybridized carbons (Fsp3) is 0.722. The number of alkyl carbamates (subject to hydrolysis) is 1. The summed E-state index contributed by atoms with van der Waals surface area (Å²) in [5.74, 6) is 1.59. The Hall–Kier alpha value is -1.49. The Morgan fingerprint density at radius 1 is 1.43 bits per heavy atom. The zero-order chi connectivity index (χ0) is 16.9. The van der Waals surface area contributed by atoms with Gasteiger partial charge in [-0.1, -0.05) is 0 Å². The highest BCUT2D eigenvalue weighted by Gasteiger charge is 2.33. The van der Waals surface area contributed by atoms with Gasteiger partial charge in [-0.2, -0.15) is 0 Å². The molecule has 2 atom stereocenters. The molecule has 0 spiro atoms. The molecule has 1 aliphatic carbocycles. The Morgan fingerprint density at radius 3 is 2.74 bits per heavy atom. The summed E-state index contributed by atoms with van der Waals surface area (Å²) < 4.78 is 10.7. The normalized spacial score (nSPS) is 17.6. The first-order valence-electron chi connectivity index (χ1n) is 8.59. The van der Waals surface area contributed by atoms with Crippen molar-refractivity contribution in [3.05, 3.63) is 24.2 Å². The summed E-state index contributed by atoms with van der Waals surface area (Å²) in [6.07, 6.45) is 5.69. The molecule has 1 aliphatic rings. The van der Waals surface area contributed by atoms with Crippen LogP contribution < -0.4 is 10.6 Å². The van der Waals surface area contributed by atoms with E-state index >= 15 is 0 Å². The van der Waals surface area contributed by atoms with E-state index in [1.54, 1.807) is 6.26 Å². The topological polar surface area (TPSA) is 63.5 Å². The lowest BCUT2D eigenvalue weighted by Gasteiger charge is -2.25. The van der Waals surface area contributed by atoms with E-state index in [4.69, 9.17) is 9.15 Å². The fourth-order valence-corrected chi connectivity index (χ4v) is 2.54. The Labute approximate surface area is 139 Å². The standard InChI is InChI=1S/C18H30N2O3/c1-13(7-10-15-6-5-11-22-15)19-12-16(14-8-9-14)20-17(21)23-18(2,3)4/h5-6,11,13-14,16,19H,7-10,12H2,1-4H3,(H,20,21). The second-order valence-corrected chi connectivity index (χ2v) is 7.52. The van der Waals surface area contributed by atoms with E-state index in [2.05, 4.69) is 17.6 Å². The van der Waals surface area contributed by atoms with Gasteiger partial charge in [0, 0.05) is 25.0 Å². The number of carbonyl (C=O) groups is 1. The molecule has 0 bridgehead atoms. The first kappa shape index (κ1) is 17.9. The van der Waals surface area contributed by atoms with Gasteiger partial charge in [-0.3, -0.25) is 0 Å². The van der Waals surface area contributed by atoms with Crippen LogP contribution in [-0.2, 0) is 11.2 Å². The third-order valence-electron chi connectivity index (χ3n) is 3.98. The van der Waals surface area contributed by atoms with Crippen LogP contribution in [0.1, 0.15) is 52.7 Å². The molecule has 1 fully saturated rings. The van der Waals surface area contributed by atoms with Crippen LogP contribution >= 0.6 is 0 Å². The SMILES string of the molecule is CC(CCc1ccco1)NCC(NC(=O)OC(C)(C)C)C1CC1. The van der Waals surface area contributed by atoms with Crippen LogP contribution in [0.15, 0.2) is 22.8 Å². The molecular weight excluding hydrogens is 292 g/mol. The van der Waals surface area contributed by atoms with Crippen LogP contribution in [-0.4, -0.2) is 30.3 Å². The first-order valence-corrected chi connectivity index (χ1v) is 8.59. The molecule has 1 heterocycles. The average molecular weight is 322 g/mol. The van der Waals surface area contributed by atoms with Crippen molar-refractivity contribution >= 4 is 6.09 Å². The summed E-state index contributed by atoms with van der Waals surface area (Å²) in [7, 11) is 0. The van der Waals surface area contributed by atoms with Gasteiger partial charge in [0.25, 0.3) is 0 Å². The molecule has 23 heavy (non-hydrogen) atoms. The summed E-state index contributed by atoms with van der Waals surface area (Å²) >= 11 is 0. The zero-order valence-electron chi connectivity index (χ0n) is 14.7. The van der Waals surface area contributed by atoms with E-state index in [1.165, 1.54) is 12.8 Å². The first-order chi connectivity index (χ1) is 10.8. The minimum absolute atomic E-state index is 0.149. The summed E-state index contributed by atoms with van der Waals surface area (Å²) in [6, 6.07) is 4.45. The monoisotopic (exact) mass is 322 g/mol. The number of ether oxygens (including phenoxy) is 1. The molecular formula is C18H30N2O3. The van der Waals surface area contributed by atoms with Crippen LogP contribution in [0.3, 0.4) is 0 Å². The Kier molecular flexibility index (Phi) is 6.10. The van der Waals surface area contributed by atoms with Crippen molar-refractivity contribution in [2.45, 2.75) is 71.1 Å². The Morgan fingerprint density at radius 2 is 2.17 bits per heavy atom. The van der Waals surface area contributed by atoms with Crippen LogP contribution in [0, 0.1) is 5.92 Å². The number of nitrogens with one attached hydrogen (secondary N) is 2. The maximum Gasteiger partial charge on any atom is 0.407 e. The van der Waals surface area contributed by atoms with Crippen molar-refractivity contribution in [3.8, 4) is 0 Å². The summed E-state index contributed by atoms with van der Waals surface area (Å²) in [4.78, 5) is 12.0. The van der Waals surface area contributed by atoms with E-state index < -0.39 is 5.60 Å². The second kappa shape index (κ2) is 7.86. The molecule has 2 rings (SSSR count). The van der Waals surface area contributed by atoms with Gasteiger partial charge in [0.15, 0.2) is 0 Å². The quantitative estimate of drug-likeness (QED) is 0.769. The number of amides is 1. The molecule has 5 heteroatoms. The number of hydrogen-bond acceptors (Lipinski definition) is 4. The van der Waals surface area contributed by atoms with Crippen LogP contribution in [0.25, 0.3) is 0 Å². The maximum absolute atomic E-state index is 12.0. The molecule has 0 aromatic carbocycles. The largest absolute Gasteiger partial charge is 0.469 e. The smallest absolute Gasteiger partial charge is 0.407 e. The van der Waals surface area contributed by atoms with Crippen LogP contribution in [0.5, 0.6) is 0 Å². The highest BCUT2D eigenvalue weighted by molar-refractivity contribution is 5.68. The van der Waals surface area contributed by atoms with E-state index in [1.807, 2.05) is 32.9 Å². The highest BCUT2D eigenvalue weighted by atomic mass is 16.6. The van der Waals surface area contributed by atoms with Gasteiger partial charge < -0.3 is 19.8 Å². The van der Waals surface area contributed by atoms with Gasteiger partial charge in [-0.25, -0.2) is 4.79 Å². The third kappa shape index (κ3) is 7.08. The van der Waals surface area contributed by atoms with Crippen LogP contribution in [0.2, 0.25) is 0 Å². The van der Waals surface area contributed by atoms with Crippen molar-refractivity contribution in [1.29, 1.82) is 0 Å². The van der Waals surface area contributed by atoms with E-state index in [9.17, 15) is 4.79 Å². The average Bonchev–Trinajstić information content (AvgIpc) is 3.15. The summed E-state index contributed by atoms with van der Waals surface area (Å²) in [5, 5.41) is 6.54. The third-order valence-corrected chi connectivity index (χ3v) is 3.98. The molecule has 2 N–H and O–H groups in total. The summed E-state index contributed by atoms with van der Waals surface area (Å²) in [5.41, 5.74) is -0.456. The van der Waals surface area contributed by atoms with Gasteiger partial charge in [0.2, 0.25) is 0 Å². The minimum Gasteiger partial charge on any atom is -0.469 e. The van der Waals surface area contributed by atoms with Crippen molar-refractivity contribution < 1.29 is 13.9 Å². The van der Waals surface area contributed by atoms with Crippen molar-refractivity contribution in [2.75, 3.05) is 6.54 Å². The van der Waals surface area contributed by atoms with E-state index in [-0.39, 0.29) is 12.1 Å². The van der Waals surface area contributed by atoms with E-state index in [0.29, 0.717) is 12.0 Å². The number of carbonyl (C=O) groups excluding carboxylic acids is 1. The molecule has 0 saturated heterocycles. The lowest BCUT2D eigenvalue weighted by molar-refractivity contribution is 0.0496. The molecule has 1 saturated carbocycles. The van der Waals surface area contributed by atoms with Crippen molar-refractivity contribution in [1.82, 2.24) is 10.6 Å². The molecule has 0 aliphatic heterocycles. The molecule has 1 amide bonds. The molecule has 5 nitrogen and oxygen atoms in total. The predicted octanol–water partition coefficient (Wildman–Crippen LogP) is 3.49. The van der Waals surface area contributed by atoms with Gasteiger partial charge in [0.05, 0.1) is 6.26 Å². The van der Waals surface area contributed by atoms with Gasteiger partial charge in [0.1, 0.15) is 11.4 Å². The summed E-state index contributed by atoms with van der Waals surface area (Å²) in [6.45, 7) is 8.60. The lowest BCUT2D eigenvalue weighted by atomic mass is 10.1. The number of aryl methyl sites for hydroxylation is 1. The number of furan rings is 1.